The van der Waals surface area contributed by atoms with Gasteiger partial charge in [0.2, 0.25) is 5.60 Å². The number of amides is 2. The monoisotopic (exact) mass is 413 g/mol. The Morgan fingerprint density at radius 1 is 1.23 bits per heavy atom. The lowest BCUT2D eigenvalue weighted by Crippen LogP contribution is -2.50. The smallest absolute Gasteiger partial charge is 0.421 e. The molecule has 1 unspecified atom stereocenters. The average molecular weight is 414 g/mol. The van der Waals surface area contributed by atoms with Gasteiger partial charge in [0.15, 0.2) is 0 Å². The molecular weight excluding hydrogens is 398 g/mol. The van der Waals surface area contributed by atoms with Crippen molar-refractivity contribution in [1.29, 1.82) is 0 Å². The van der Waals surface area contributed by atoms with Gasteiger partial charge in [0, 0.05) is 0 Å². The van der Waals surface area contributed by atoms with Crippen LogP contribution in [0.25, 0.3) is 0 Å². The first-order valence-electron chi connectivity index (χ1n) is 7.47. The third-order valence-electron chi connectivity index (χ3n) is 3.46. The van der Waals surface area contributed by atoms with Crippen molar-refractivity contribution in [2.75, 3.05) is 13.2 Å². The molecule has 1 heterocycles. The Labute approximate surface area is 157 Å². The van der Waals surface area contributed by atoms with Crippen LogP contribution in [-0.4, -0.2) is 47.4 Å². The Morgan fingerprint density at radius 3 is 2.12 bits per heavy atom. The second kappa shape index (κ2) is 6.90. The lowest BCUT2D eigenvalue weighted by atomic mass is 10.1. The normalized spacial score (nSPS) is 19.8. The minimum atomic E-state index is -4.77. The molecule has 0 spiro atoms. The zero-order chi connectivity index (χ0) is 19.9. The van der Waals surface area contributed by atoms with Crippen LogP contribution in [0.4, 0.5) is 18.0 Å². The summed E-state index contributed by atoms with van der Waals surface area (Å²) < 4.78 is 49.2. The Kier molecular flexibility index (Phi) is 5.52. The van der Waals surface area contributed by atoms with Gasteiger partial charge in [0.25, 0.3) is 5.91 Å². The standard InChI is InChI=1S/C16H16Cl2F3NO4/c1-14(2,3)26-13(24)22(7-15(8-25-15)16(19,20)21)12(23)11-9(17)5-4-6-10(11)18/h4-6H,7-8H2,1-3H3. The van der Waals surface area contributed by atoms with Gasteiger partial charge in [0.05, 0.1) is 28.8 Å². The molecule has 5 nitrogen and oxygen atoms in total. The summed E-state index contributed by atoms with van der Waals surface area (Å²) >= 11 is 11.9. The summed E-state index contributed by atoms with van der Waals surface area (Å²) in [4.78, 5) is 25.5. The van der Waals surface area contributed by atoms with Gasteiger partial charge in [-0.2, -0.15) is 13.2 Å². The van der Waals surface area contributed by atoms with Crippen LogP contribution in [0.1, 0.15) is 31.1 Å². The number of carbonyl (C=O) groups is 2. The average Bonchev–Trinajstić information content (AvgIpc) is 3.23. The Morgan fingerprint density at radius 2 is 1.73 bits per heavy atom. The summed E-state index contributed by atoms with van der Waals surface area (Å²) in [5.41, 5.74) is -3.94. The highest BCUT2D eigenvalue weighted by Crippen LogP contribution is 2.44. The zero-order valence-electron chi connectivity index (χ0n) is 14.1. The van der Waals surface area contributed by atoms with Crippen LogP contribution in [0.2, 0.25) is 10.0 Å². The maximum absolute atomic E-state index is 13.2. The molecule has 0 saturated carbocycles. The number of imide groups is 1. The van der Waals surface area contributed by atoms with Crippen LogP contribution in [0, 0.1) is 0 Å². The summed E-state index contributed by atoms with van der Waals surface area (Å²) in [5.74, 6) is -1.10. The molecule has 0 radical (unpaired) electrons. The molecule has 0 bridgehead atoms. The largest absolute Gasteiger partial charge is 0.443 e. The maximum Gasteiger partial charge on any atom is 0.421 e. The number of carbonyl (C=O) groups excluding carboxylic acids is 2. The molecule has 1 saturated heterocycles. The lowest BCUT2D eigenvalue weighted by Gasteiger charge is -2.29. The quantitative estimate of drug-likeness (QED) is 0.673. The predicted octanol–water partition coefficient (Wildman–Crippen LogP) is 4.70. The Hall–Kier alpha value is -1.51. The van der Waals surface area contributed by atoms with E-state index < -0.39 is 42.5 Å². The number of halogens is 5. The highest BCUT2D eigenvalue weighted by molar-refractivity contribution is 6.40. The van der Waals surface area contributed by atoms with Gasteiger partial charge in [-0.25, -0.2) is 9.69 Å². The first-order valence-corrected chi connectivity index (χ1v) is 8.22. The minimum Gasteiger partial charge on any atom is -0.443 e. The summed E-state index contributed by atoms with van der Waals surface area (Å²) in [6, 6.07) is 4.13. The molecule has 1 aromatic rings. The number of epoxide rings is 1. The minimum absolute atomic E-state index is 0.103. The molecule has 0 aliphatic carbocycles. The van der Waals surface area contributed by atoms with Crippen molar-refractivity contribution >= 4 is 35.2 Å². The lowest BCUT2D eigenvalue weighted by molar-refractivity contribution is -0.185. The van der Waals surface area contributed by atoms with Gasteiger partial charge in [-0.15, -0.1) is 0 Å². The predicted molar refractivity (Wildman–Crippen MR) is 88.5 cm³/mol. The third-order valence-corrected chi connectivity index (χ3v) is 4.09. The molecule has 1 aromatic carbocycles. The number of benzene rings is 1. The first kappa shape index (κ1) is 20.8. The molecule has 0 N–H and O–H groups in total. The molecule has 1 aliphatic heterocycles. The number of ether oxygens (including phenoxy) is 2. The Bertz CT molecular complexity index is 707. The second-order valence-corrected chi connectivity index (χ2v) is 7.56. The maximum atomic E-state index is 13.2. The number of hydrogen-bond donors (Lipinski definition) is 0. The fourth-order valence-corrected chi connectivity index (χ4v) is 2.62. The van der Waals surface area contributed by atoms with E-state index in [0.717, 1.165) is 0 Å². The van der Waals surface area contributed by atoms with Crippen LogP contribution in [0.15, 0.2) is 18.2 Å². The van der Waals surface area contributed by atoms with E-state index in [4.69, 9.17) is 27.9 Å². The molecule has 1 fully saturated rings. The summed E-state index contributed by atoms with van der Waals surface area (Å²) in [6.07, 6.45) is -6.02. The fourth-order valence-electron chi connectivity index (χ4n) is 2.06. The number of rotatable bonds is 3. The van der Waals surface area contributed by atoms with Crippen LogP contribution in [-0.2, 0) is 9.47 Å². The van der Waals surface area contributed by atoms with E-state index in [1.165, 1.54) is 39.0 Å². The van der Waals surface area contributed by atoms with Crippen molar-refractivity contribution in [3.63, 3.8) is 0 Å². The molecule has 26 heavy (non-hydrogen) atoms. The molecule has 144 valence electrons. The van der Waals surface area contributed by atoms with Gasteiger partial charge in [-0.3, -0.25) is 4.79 Å². The summed E-state index contributed by atoms with van der Waals surface area (Å²) in [7, 11) is 0. The van der Waals surface area contributed by atoms with Gasteiger partial charge in [-0.1, -0.05) is 29.3 Å². The third kappa shape index (κ3) is 4.42. The molecule has 0 aromatic heterocycles. The van der Waals surface area contributed by atoms with E-state index in [-0.39, 0.29) is 15.6 Å². The molecular formula is C16H16Cl2F3NO4. The molecule has 2 amide bonds. The Balaban J connectivity index is 2.41. The van der Waals surface area contributed by atoms with Crippen LogP contribution in [0.5, 0.6) is 0 Å². The van der Waals surface area contributed by atoms with E-state index in [9.17, 15) is 22.8 Å². The highest BCUT2D eigenvalue weighted by atomic mass is 35.5. The highest BCUT2D eigenvalue weighted by Gasteiger charge is 2.67. The molecule has 2 rings (SSSR count). The van der Waals surface area contributed by atoms with E-state index in [1.54, 1.807) is 0 Å². The number of hydrogen-bond acceptors (Lipinski definition) is 4. The van der Waals surface area contributed by atoms with E-state index >= 15 is 0 Å². The zero-order valence-corrected chi connectivity index (χ0v) is 15.6. The van der Waals surface area contributed by atoms with Crippen molar-refractivity contribution < 1.29 is 32.2 Å². The molecule has 1 aliphatic rings. The van der Waals surface area contributed by atoms with Gasteiger partial charge >= 0.3 is 12.3 Å². The van der Waals surface area contributed by atoms with Crippen molar-refractivity contribution in [1.82, 2.24) is 4.90 Å². The number of nitrogens with zero attached hydrogens (tertiary/aromatic N) is 1. The van der Waals surface area contributed by atoms with E-state index in [0.29, 0.717) is 4.90 Å². The SMILES string of the molecule is CC(C)(C)OC(=O)N(CC1(C(F)(F)F)CO1)C(=O)c1c(Cl)cccc1Cl. The summed E-state index contributed by atoms with van der Waals surface area (Å²) in [5, 5.41) is -0.206. The molecule has 10 heteroatoms. The first-order chi connectivity index (χ1) is 11.8. The van der Waals surface area contributed by atoms with Crippen molar-refractivity contribution in [3.8, 4) is 0 Å². The van der Waals surface area contributed by atoms with Crippen LogP contribution in [0.3, 0.4) is 0 Å². The second-order valence-electron chi connectivity index (χ2n) is 6.75. The van der Waals surface area contributed by atoms with E-state index in [2.05, 4.69) is 4.74 Å². The van der Waals surface area contributed by atoms with Crippen LogP contribution >= 0.6 is 23.2 Å². The van der Waals surface area contributed by atoms with Crippen molar-refractivity contribution in [3.05, 3.63) is 33.8 Å². The van der Waals surface area contributed by atoms with Gasteiger partial charge in [-0.05, 0) is 32.9 Å². The van der Waals surface area contributed by atoms with E-state index in [1.807, 2.05) is 0 Å². The van der Waals surface area contributed by atoms with Gasteiger partial charge < -0.3 is 9.47 Å². The summed E-state index contributed by atoms with van der Waals surface area (Å²) in [6.45, 7) is 2.82. The van der Waals surface area contributed by atoms with Crippen LogP contribution < -0.4 is 0 Å². The number of alkyl halides is 3. The topological polar surface area (TPSA) is 59.1 Å². The van der Waals surface area contributed by atoms with Crippen molar-refractivity contribution in [2.24, 2.45) is 0 Å². The van der Waals surface area contributed by atoms with Gasteiger partial charge in [0.1, 0.15) is 5.60 Å². The molecule has 1 atom stereocenters. The fraction of sp³-hybridized carbons (Fsp3) is 0.500. The van der Waals surface area contributed by atoms with Crippen molar-refractivity contribution in [2.45, 2.75) is 38.1 Å².